The molecule has 0 heterocycles. The number of benzene rings is 2. The molecule has 0 N–H and O–H groups in total. The molecule has 0 aromatic heterocycles. The summed E-state index contributed by atoms with van der Waals surface area (Å²) in [6.45, 7) is -0.587. The predicted octanol–water partition coefficient (Wildman–Crippen LogP) is 2.77. The Morgan fingerprint density at radius 3 is 2.36 bits per heavy atom. The van der Waals surface area contributed by atoms with Crippen molar-refractivity contribution < 1.29 is 23.6 Å². The van der Waals surface area contributed by atoms with E-state index in [0.29, 0.717) is 0 Å². The third kappa shape index (κ3) is 3.51. The number of esters is 1. The number of nitrogens with zero attached hydrogens (tertiary/aromatic N) is 1. The Morgan fingerprint density at radius 1 is 1.09 bits per heavy atom. The largest absolute Gasteiger partial charge is 0.454 e. The molecule has 2 aromatic carbocycles. The maximum Gasteiger partial charge on any atom is 0.345 e. The van der Waals surface area contributed by atoms with Crippen molar-refractivity contribution in [3.63, 3.8) is 0 Å². The summed E-state index contributed by atoms with van der Waals surface area (Å²) in [5.74, 6) is -2.00. The summed E-state index contributed by atoms with van der Waals surface area (Å²) in [6.07, 6.45) is 0. The molecule has 112 valence electrons. The first-order chi connectivity index (χ1) is 10.5. The van der Waals surface area contributed by atoms with E-state index in [4.69, 9.17) is 4.74 Å². The number of nitro groups is 1. The summed E-state index contributed by atoms with van der Waals surface area (Å²) in [6, 6.07) is 10.0. The Bertz CT molecular complexity index is 727. The Balaban J connectivity index is 2.06. The van der Waals surface area contributed by atoms with Crippen molar-refractivity contribution in [2.24, 2.45) is 0 Å². The highest BCUT2D eigenvalue weighted by molar-refractivity contribution is 6.00. The quantitative estimate of drug-likeness (QED) is 0.367. The number of hydrogen-bond acceptors (Lipinski definition) is 5. The maximum atomic E-state index is 12.7. The number of rotatable bonds is 5. The van der Waals surface area contributed by atoms with Crippen LogP contribution in [0.2, 0.25) is 0 Å². The highest BCUT2D eigenvalue weighted by atomic mass is 19.1. The van der Waals surface area contributed by atoms with Gasteiger partial charge >= 0.3 is 5.97 Å². The van der Waals surface area contributed by atoms with Gasteiger partial charge in [-0.3, -0.25) is 14.9 Å². The molecule has 0 saturated carbocycles. The Morgan fingerprint density at radius 2 is 1.73 bits per heavy atom. The zero-order chi connectivity index (χ0) is 16.1. The van der Waals surface area contributed by atoms with Gasteiger partial charge in [-0.25, -0.2) is 9.18 Å². The topological polar surface area (TPSA) is 86.5 Å². The summed E-state index contributed by atoms with van der Waals surface area (Å²) in [7, 11) is 0. The molecule has 2 aromatic rings. The van der Waals surface area contributed by atoms with Crippen molar-refractivity contribution in [3.05, 3.63) is 75.6 Å². The Kier molecular flexibility index (Phi) is 4.57. The number of carbonyl (C=O) groups is 2. The van der Waals surface area contributed by atoms with Gasteiger partial charge < -0.3 is 4.74 Å². The van der Waals surface area contributed by atoms with Crippen LogP contribution in [0.25, 0.3) is 0 Å². The number of Topliss-reactive ketones (excluding diaryl/α,β-unsaturated/α-hetero) is 1. The minimum Gasteiger partial charge on any atom is -0.454 e. The monoisotopic (exact) mass is 303 g/mol. The second-order valence-corrected chi connectivity index (χ2v) is 4.28. The van der Waals surface area contributed by atoms with E-state index in [1.165, 1.54) is 36.4 Å². The van der Waals surface area contributed by atoms with Crippen molar-refractivity contribution in [3.8, 4) is 0 Å². The van der Waals surface area contributed by atoms with Gasteiger partial charge in [-0.15, -0.1) is 0 Å². The van der Waals surface area contributed by atoms with Crippen molar-refractivity contribution in [1.29, 1.82) is 0 Å². The lowest BCUT2D eigenvalue weighted by molar-refractivity contribution is -0.385. The molecule has 0 atom stereocenters. The van der Waals surface area contributed by atoms with Gasteiger partial charge in [-0.05, 0) is 30.3 Å². The summed E-state index contributed by atoms with van der Waals surface area (Å²) in [5, 5.41) is 10.8. The van der Waals surface area contributed by atoms with Crippen LogP contribution in [0.3, 0.4) is 0 Å². The molecule has 0 fully saturated rings. The van der Waals surface area contributed by atoms with Crippen LogP contribution in [-0.4, -0.2) is 23.3 Å². The second-order valence-electron chi connectivity index (χ2n) is 4.28. The highest BCUT2D eigenvalue weighted by Crippen LogP contribution is 2.18. The van der Waals surface area contributed by atoms with Gasteiger partial charge in [0, 0.05) is 11.6 Å². The first-order valence-corrected chi connectivity index (χ1v) is 6.18. The fourth-order valence-electron chi connectivity index (χ4n) is 1.73. The van der Waals surface area contributed by atoms with Gasteiger partial charge in [0.2, 0.25) is 0 Å². The Hall–Kier alpha value is -3.09. The third-order valence-corrected chi connectivity index (χ3v) is 2.82. The highest BCUT2D eigenvalue weighted by Gasteiger charge is 2.21. The van der Waals surface area contributed by atoms with Gasteiger partial charge in [0.1, 0.15) is 11.4 Å². The van der Waals surface area contributed by atoms with E-state index in [9.17, 15) is 24.1 Å². The molecular weight excluding hydrogens is 293 g/mol. The van der Waals surface area contributed by atoms with E-state index < -0.39 is 34.8 Å². The molecule has 2 rings (SSSR count). The molecule has 6 nitrogen and oxygen atoms in total. The van der Waals surface area contributed by atoms with Crippen LogP contribution < -0.4 is 0 Å². The van der Waals surface area contributed by atoms with Crippen LogP contribution in [0.5, 0.6) is 0 Å². The van der Waals surface area contributed by atoms with Gasteiger partial charge in [-0.1, -0.05) is 12.1 Å². The van der Waals surface area contributed by atoms with Gasteiger partial charge in [0.25, 0.3) is 5.69 Å². The van der Waals surface area contributed by atoms with Gasteiger partial charge in [0.05, 0.1) is 4.92 Å². The van der Waals surface area contributed by atoms with Crippen LogP contribution >= 0.6 is 0 Å². The molecule has 0 aliphatic rings. The smallest absolute Gasteiger partial charge is 0.345 e. The number of carbonyl (C=O) groups excluding carboxylic acids is 2. The summed E-state index contributed by atoms with van der Waals surface area (Å²) >= 11 is 0. The van der Waals surface area contributed by atoms with Gasteiger partial charge in [0.15, 0.2) is 12.4 Å². The van der Waals surface area contributed by atoms with E-state index in [-0.39, 0.29) is 11.1 Å². The minimum absolute atomic E-state index is 0.178. The first-order valence-electron chi connectivity index (χ1n) is 6.18. The number of nitro benzene ring substituents is 1. The molecule has 7 heteroatoms. The van der Waals surface area contributed by atoms with Crippen molar-refractivity contribution in [1.82, 2.24) is 0 Å². The average Bonchev–Trinajstić information content (AvgIpc) is 2.53. The molecule has 0 radical (unpaired) electrons. The van der Waals surface area contributed by atoms with Crippen LogP contribution in [0.1, 0.15) is 20.7 Å². The standard InChI is InChI=1S/C15H10FNO5/c16-11-7-5-10(6-8-11)14(18)9-22-15(19)12-3-1-2-4-13(12)17(20)21/h1-8H,9H2. The van der Waals surface area contributed by atoms with Crippen molar-refractivity contribution >= 4 is 17.4 Å². The maximum absolute atomic E-state index is 12.7. The first kappa shape index (κ1) is 15.3. The third-order valence-electron chi connectivity index (χ3n) is 2.82. The minimum atomic E-state index is -0.970. The number of ketones is 1. The molecule has 0 unspecified atom stereocenters. The van der Waals surface area contributed by atoms with Crippen molar-refractivity contribution in [2.45, 2.75) is 0 Å². The molecule has 0 aliphatic heterocycles. The van der Waals surface area contributed by atoms with Crippen molar-refractivity contribution in [2.75, 3.05) is 6.61 Å². The van der Waals surface area contributed by atoms with Gasteiger partial charge in [-0.2, -0.15) is 0 Å². The molecule has 0 amide bonds. The number of ether oxygens (including phenoxy) is 1. The molecule has 0 aliphatic carbocycles. The summed E-state index contributed by atoms with van der Waals surface area (Å²) in [4.78, 5) is 33.7. The lowest BCUT2D eigenvalue weighted by Gasteiger charge is -2.05. The summed E-state index contributed by atoms with van der Waals surface area (Å²) in [5.41, 5.74) is -0.460. The second kappa shape index (κ2) is 6.57. The SMILES string of the molecule is O=C(COC(=O)c1ccccc1[N+](=O)[O-])c1ccc(F)cc1. The summed E-state index contributed by atoms with van der Waals surface area (Å²) < 4.78 is 17.5. The molecule has 22 heavy (non-hydrogen) atoms. The van der Waals surface area contributed by atoms with Crippen LogP contribution in [-0.2, 0) is 4.74 Å². The molecular formula is C15H10FNO5. The van der Waals surface area contributed by atoms with E-state index in [0.717, 1.165) is 12.1 Å². The lowest BCUT2D eigenvalue weighted by atomic mass is 10.1. The normalized spacial score (nSPS) is 10.0. The fourth-order valence-corrected chi connectivity index (χ4v) is 1.73. The molecule has 0 saturated heterocycles. The zero-order valence-corrected chi connectivity index (χ0v) is 11.2. The number of hydrogen-bond donors (Lipinski definition) is 0. The van der Waals surface area contributed by atoms with E-state index >= 15 is 0 Å². The van der Waals surface area contributed by atoms with E-state index in [2.05, 4.69) is 0 Å². The lowest BCUT2D eigenvalue weighted by Crippen LogP contribution is -2.15. The predicted molar refractivity (Wildman–Crippen MR) is 74.1 cm³/mol. The van der Waals surface area contributed by atoms with Crippen LogP contribution in [0.15, 0.2) is 48.5 Å². The zero-order valence-electron chi connectivity index (χ0n) is 11.2. The number of halogens is 1. The molecule has 0 bridgehead atoms. The Labute approximate surface area is 124 Å². The average molecular weight is 303 g/mol. The van der Waals surface area contributed by atoms with Crippen LogP contribution in [0, 0.1) is 15.9 Å². The number of para-hydroxylation sites is 1. The molecule has 0 spiro atoms. The fraction of sp³-hybridized carbons (Fsp3) is 0.0667. The van der Waals surface area contributed by atoms with Crippen LogP contribution in [0.4, 0.5) is 10.1 Å². The van der Waals surface area contributed by atoms with E-state index in [1.807, 2.05) is 0 Å². The van der Waals surface area contributed by atoms with E-state index in [1.54, 1.807) is 0 Å².